The van der Waals surface area contributed by atoms with Crippen LogP contribution in [0.1, 0.15) is 35.2 Å². The van der Waals surface area contributed by atoms with Crippen LogP contribution in [0.25, 0.3) is 0 Å². The number of nitrogens with one attached hydrogen (secondary N) is 1. The van der Waals surface area contributed by atoms with E-state index in [2.05, 4.69) is 5.32 Å². The molecule has 19 heavy (non-hydrogen) atoms. The minimum absolute atomic E-state index is 0.187. The molecule has 1 aliphatic rings. The van der Waals surface area contributed by atoms with E-state index in [1.807, 2.05) is 43.1 Å². The van der Waals surface area contributed by atoms with Crippen LogP contribution < -0.4 is 5.32 Å². The average Bonchev–Trinajstić information content (AvgIpc) is 2.46. The normalized spacial score (nSPS) is 16.6. The van der Waals surface area contributed by atoms with Crippen LogP contribution in [0.3, 0.4) is 0 Å². The minimum atomic E-state index is 0.187. The van der Waals surface area contributed by atoms with Gasteiger partial charge in [0.1, 0.15) is 0 Å². The highest BCUT2D eigenvalue weighted by atomic mass is 16.2. The Balaban J connectivity index is 1.87. The van der Waals surface area contributed by atoms with Crippen LogP contribution in [0.2, 0.25) is 0 Å². The number of hydrogen-bond donors (Lipinski definition) is 1. The molecular weight excluding hydrogens is 236 g/mol. The number of rotatable bonds is 4. The highest BCUT2D eigenvalue weighted by molar-refractivity contribution is 5.94. The van der Waals surface area contributed by atoms with Gasteiger partial charge in [0.25, 0.3) is 5.91 Å². The summed E-state index contributed by atoms with van der Waals surface area (Å²) in [5.41, 5.74) is 2.02. The Labute approximate surface area is 116 Å². The summed E-state index contributed by atoms with van der Waals surface area (Å²) in [6, 6.07) is 7.88. The second kappa shape index (κ2) is 6.71. The second-order valence-corrected chi connectivity index (χ2v) is 5.49. The Morgan fingerprint density at radius 3 is 2.47 bits per heavy atom. The van der Waals surface area contributed by atoms with Crippen LogP contribution in [-0.2, 0) is 0 Å². The molecule has 0 aliphatic carbocycles. The zero-order valence-electron chi connectivity index (χ0n) is 12.0. The predicted octanol–water partition coefficient (Wildman–Crippen LogP) is 2.46. The summed E-state index contributed by atoms with van der Waals surface area (Å²) in [6.07, 6.45) is 3.50. The number of hydrogen-bond acceptors (Lipinski definition) is 2. The molecule has 0 aromatic heterocycles. The average molecular weight is 260 g/mol. The smallest absolute Gasteiger partial charge is 0.253 e. The third-order valence-electron chi connectivity index (χ3n) is 4.00. The molecular formula is C16H24N2O. The topological polar surface area (TPSA) is 32.3 Å². The van der Waals surface area contributed by atoms with Gasteiger partial charge in [0.2, 0.25) is 0 Å². The molecule has 1 saturated heterocycles. The van der Waals surface area contributed by atoms with E-state index in [0.29, 0.717) is 0 Å². The largest absolute Gasteiger partial charge is 0.339 e. The van der Waals surface area contributed by atoms with E-state index in [9.17, 15) is 4.79 Å². The second-order valence-electron chi connectivity index (χ2n) is 5.49. The molecule has 0 spiro atoms. The molecule has 3 heteroatoms. The highest BCUT2D eigenvalue weighted by Crippen LogP contribution is 2.21. The molecule has 0 bridgehead atoms. The van der Waals surface area contributed by atoms with Crippen LogP contribution in [0, 0.1) is 12.8 Å². The quantitative estimate of drug-likeness (QED) is 0.902. The van der Waals surface area contributed by atoms with Gasteiger partial charge in [0, 0.05) is 18.7 Å². The van der Waals surface area contributed by atoms with Gasteiger partial charge >= 0.3 is 0 Å². The number of nitrogens with zero attached hydrogens (tertiary/aromatic N) is 1. The predicted molar refractivity (Wildman–Crippen MR) is 78.4 cm³/mol. The van der Waals surface area contributed by atoms with Crippen LogP contribution >= 0.6 is 0 Å². The Kier molecular flexibility index (Phi) is 4.97. The number of carbonyl (C=O) groups excluding carboxylic acids is 1. The number of benzene rings is 1. The maximum atomic E-state index is 12.3. The number of carbonyl (C=O) groups is 1. The third-order valence-corrected chi connectivity index (χ3v) is 4.00. The minimum Gasteiger partial charge on any atom is -0.339 e. The van der Waals surface area contributed by atoms with Gasteiger partial charge in [-0.1, -0.05) is 17.7 Å². The molecule has 1 heterocycles. The lowest BCUT2D eigenvalue weighted by Crippen LogP contribution is -2.38. The zero-order chi connectivity index (χ0) is 13.7. The van der Waals surface area contributed by atoms with Crippen molar-refractivity contribution < 1.29 is 4.79 Å². The van der Waals surface area contributed by atoms with Gasteiger partial charge < -0.3 is 10.2 Å². The van der Waals surface area contributed by atoms with Crippen molar-refractivity contribution in [2.24, 2.45) is 5.92 Å². The van der Waals surface area contributed by atoms with Gasteiger partial charge in [-0.05, 0) is 57.8 Å². The molecule has 1 N–H and O–H groups in total. The Morgan fingerprint density at radius 2 is 1.89 bits per heavy atom. The number of aryl methyl sites for hydroxylation is 1. The third kappa shape index (κ3) is 3.80. The zero-order valence-corrected chi connectivity index (χ0v) is 12.0. The first-order valence-corrected chi connectivity index (χ1v) is 7.21. The summed E-state index contributed by atoms with van der Waals surface area (Å²) < 4.78 is 0. The number of piperidine rings is 1. The van der Waals surface area contributed by atoms with Gasteiger partial charge in [0.15, 0.2) is 0 Å². The lowest BCUT2D eigenvalue weighted by atomic mass is 9.93. The molecule has 1 aromatic carbocycles. The molecule has 0 saturated carbocycles. The van der Waals surface area contributed by atoms with Gasteiger partial charge in [-0.2, -0.15) is 0 Å². The van der Waals surface area contributed by atoms with E-state index in [-0.39, 0.29) is 5.91 Å². The first-order chi connectivity index (χ1) is 9.20. The van der Waals surface area contributed by atoms with Crippen molar-refractivity contribution in [1.29, 1.82) is 0 Å². The van der Waals surface area contributed by atoms with E-state index in [1.165, 1.54) is 12.0 Å². The maximum Gasteiger partial charge on any atom is 0.253 e. The summed E-state index contributed by atoms with van der Waals surface area (Å²) in [5, 5.41) is 3.20. The van der Waals surface area contributed by atoms with E-state index >= 15 is 0 Å². The lowest BCUT2D eigenvalue weighted by molar-refractivity contribution is 0.0687. The molecule has 1 amide bonds. The molecule has 2 rings (SSSR count). The van der Waals surface area contributed by atoms with Gasteiger partial charge in [-0.15, -0.1) is 0 Å². The van der Waals surface area contributed by atoms with E-state index in [1.54, 1.807) is 0 Å². The van der Waals surface area contributed by atoms with Crippen molar-refractivity contribution in [3.8, 4) is 0 Å². The summed E-state index contributed by atoms with van der Waals surface area (Å²) in [7, 11) is 2.00. The van der Waals surface area contributed by atoms with Crippen LogP contribution in [0.4, 0.5) is 0 Å². The first kappa shape index (κ1) is 14.1. The van der Waals surface area contributed by atoms with E-state index in [0.717, 1.165) is 44.0 Å². The molecule has 0 unspecified atom stereocenters. The fourth-order valence-corrected chi connectivity index (χ4v) is 2.65. The molecule has 1 aromatic rings. The van der Waals surface area contributed by atoms with Crippen molar-refractivity contribution in [1.82, 2.24) is 10.2 Å². The van der Waals surface area contributed by atoms with Crippen LogP contribution in [0.15, 0.2) is 24.3 Å². The first-order valence-electron chi connectivity index (χ1n) is 7.21. The monoisotopic (exact) mass is 260 g/mol. The van der Waals surface area contributed by atoms with Gasteiger partial charge in [0.05, 0.1) is 0 Å². The van der Waals surface area contributed by atoms with Crippen LogP contribution in [-0.4, -0.2) is 37.5 Å². The highest BCUT2D eigenvalue weighted by Gasteiger charge is 2.23. The lowest BCUT2D eigenvalue weighted by Gasteiger charge is -2.32. The van der Waals surface area contributed by atoms with Gasteiger partial charge in [-0.25, -0.2) is 0 Å². The Morgan fingerprint density at radius 1 is 1.26 bits per heavy atom. The van der Waals surface area contributed by atoms with Crippen molar-refractivity contribution in [3.63, 3.8) is 0 Å². The molecule has 3 nitrogen and oxygen atoms in total. The summed E-state index contributed by atoms with van der Waals surface area (Å²) in [5.74, 6) is 0.960. The summed E-state index contributed by atoms with van der Waals surface area (Å²) >= 11 is 0. The summed E-state index contributed by atoms with van der Waals surface area (Å²) in [4.78, 5) is 14.3. The number of amides is 1. The molecule has 1 fully saturated rings. The molecule has 0 atom stereocenters. The Bertz CT molecular complexity index is 405. The maximum absolute atomic E-state index is 12.3. The van der Waals surface area contributed by atoms with E-state index in [4.69, 9.17) is 0 Å². The molecule has 1 aliphatic heterocycles. The van der Waals surface area contributed by atoms with Gasteiger partial charge in [-0.3, -0.25) is 4.79 Å². The summed E-state index contributed by atoms with van der Waals surface area (Å²) in [6.45, 7) is 4.93. The molecule has 0 radical (unpaired) electrons. The Hall–Kier alpha value is -1.35. The molecule has 104 valence electrons. The van der Waals surface area contributed by atoms with Crippen LogP contribution in [0.5, 0.6) is 0 Å². The van der Waals surface area contributed by atoms with E-state index < -0.39 is 0 Å². The van der Waals surface area contributed by atoms with Crippen molar-refractivity contribution in [2.75, 3.05) is 26.7 Å². The number of likely N-dealkylation sites (tertiary alicyclic amines) is 1. The van der Waals surface area contributed by atoms with Crippen molar-refractivity contribution >= 4 is 5.91 Å². The van der Waals surface area contributed by atoms with Crippen molar-refractivity contribution in [2.45, 2.75) is 26.2 Å². The van der Waals surface area contributed by atoms with Crippen molar-refractivity contribution in [3.05, 3.63) is 35.4 Å². The standard InChI is InChI=1S/C16H24N2O/c1-13-3-5-15(6-4-13)16(19)18-11-8-14(9-12-18)7-10-17-2/h3-6,14,17H,7-12H2,1-2H3. The fraction of sp³-hybridized carbons (Fsp3) is 0.562. The SMILES string of the molecule is CNCCC1CCN(C(=O)c2ccc(C)cc2)CC1. The fourth-order valence-electron chi connectivity index (χ4n) is 2.65.